The number of carbonyl (C=O) groups excluding carboxylic acids is 1. The summed E-state index contributed by atoms with van der Waals surface area (Å²) < 4.78 is 28.8. The van der Waals surface area contributed by atoms with Crippen molar-refractivity contribution in [1.82, 2.24) is 14.8 Å². The zero-order chi connectivity index (χ0) is 22.4. The lowest BCUT2D eigenvalue weighted by molar-refractivity contribution is 0.0949. The number of aromatic nitrogens is 1. The molecule has 2 aromatic carbocycles. The number of likely N-dealkylation sites (N-methyl/N-ethyl adjacent to an activating group) is 1. The SMILES string of the molecule is CCCCN(CC)CCNC(=O)c1cn(-c2ccc(F)cc2F)c(=O)c2ccccc12. The van der Waals surface area contributed by atoms with Crippen molar-refractivity contribution in [3.05, 3.63) is 76.2 Å². The molecule has 1 N–H and O–H groups in total. The number of hydrogen-bond donors (Lipinski definition) is 1. The molecule has 3 rings (SSSR count). The third-order valence-corrected chi connectivity index (χ3v) is 5.33. The second-order valence-corrected chi connectivity index (χ2v) is 7.40. The van der Waals surface area contributed by atoms with Crippen LogP contribution in [0.1, 0.15) is 37.0 Å². The summed E-state index contributed by atoms with van der Waals surface area (Å²) in [6.07, 6.45) is 3.53. The molecule has 0 saturated carbocycles. The van der Waals surface area contributed by atoms with Crippen molar-refractivity contribution < 1.29 is 13.6 Å². The maximum Gasteiger partial charge on any atom is 0.263 e. The molecule has 1 heterocycles. The fourth-order valence-electron chi connectivity index (χ4n) is 3.56. The number of carbonyl (C=O) groups is 1. The van der Waals surface area contributed by atoms with Gasteiger partial charge in [0.1, 0.15) is 11.6 Å². The van der Waals surface area contributed by atoms with Crippen LogP contribution in [0, 0.1) is 11.6 Å². The molecule has 0 bridgehead atoms. The minimum absolute atomic E-state index is 0.108. The van der Waals surface area contributed by atoms with Crippen LogP contribution in [0.25, 0.3) is 16.5 Å². The van der Waals surface area contributed by atoms with Crippen LogP contribution in [0.5, 0.6) is 0 Å². The Balaban J connectivity index is 1.93. The highest BCUT2D eigenvalue weighted by molar-refractivity contribution is 6.06. The Labute approximate surface area is 180 Å². The number of nitrogens with one attached hydrogen (secondary N) is 1. The number of pyridine rings is 1. The molecule has 164 valence electrons. The summed E-state index contributed by atoms with van der Waals surface area (Å²) in [4.78, 5) is 28.2. The standard InChI is InChI=1S/C24H27F2N3O2/c1-3-5-13-28(4-2)14-12-27-23(30)20-16-29(22-11-10-17(25)15-21(22)26)24(31)19-9-7-6-8-18(19)20/h6-11,15-16H,3-5,12-14H2,1-2H3,(H,27,30). The highest BCUT2D eigenvalue weighted by Gasteiger charge is 2.17. The van der Waals surface area contributed by atoms with Crippen LogP contribution in [-0.4, -0.2) is 41.6 Å². The van der Waals surface area contributed by atoms with Crippen LogP contribution < -0.4 is 10.9 Å². The first-order valence-electron chi connectivity index (χ1n) is 10.6. The van der Waals surface area contributed by atoms with E-state index in [-0.39, 0.29) is 22.5 Å². The molecule has 7 heteroatoms. The molecule has 3 aromatic rings. The predicted octanol–water partition coefficient (Wildman–Crippen LogP) is 4.12. The van der Waals surface area contributed by atoms with Gasteiger partial charge in [-0.25, -0.2) is 8.78 Å². The number of nitrogens with zero attached hydrogens (tertiary/aromatic N) is 2. The van der Waals surface area contributed by atoms with Crippen molar-refractivity contribution in [1.29, 1.82) is 0 Å². The van der Waals surface area contributed by atoms with Crippen molar-refractivity contribution in [3.8, 4) is 5.69 Å². The topological polar surface area (TPSA) is 54.3 Å². The fourth-order valence-corrected chi connectivity index (χ4v) is 3.56. The van der Waals surface area contributed by atoms with Gasteiger partial charge < -0.3 is 10.2 Å². The number of fused-ring (bicyclic) bond motifs is 1. The molecule has 0 saturated heterocycles. The van der Waals surface area contributed by atoms with Gasteiger partial charge in [-0.1, -0.05) is 38.5 Å². The number of amides is 1. The predicted molar refractivity (Wildman–Crippen MR) is 119 cm³/mol. The Morgan fingerprint density at radius 3 is 2.48 bits per heavy atom. The van der Waals surface area contributed by atoms with Crippen LogP contribution in [0.2, 0.25) is 0 Å². The first kappa shape index (κ1) is 22.6. The number of hydrogen-bond acceptors (Lipinski definition) is 3. The van der Waals surface area contributed by atoms with Crippen molar-refractivity contribution >= 4 is 16.7 Å². The van der Waals surface area contributed by atoms with Gasteiger partial charge in [0.25, 0.3) is 11.5 Å². The number of rotatable bonds is 9. The molecule has 0 fully saturated rings. The summed E-state index contributed by atoms with van der Waals surface area (Å²) in [5.74, 6) is -1.96. The summed E-state index contributed by atoms with van der Waals surface area (Å²) in [6.45, 7) is 7.26. The lowest BCUT2D eigenvalue weighted by atomic mass is 10.1. The van der Waals surface area contributed by atoms with Gasteiger partial charge in [0, 0.05) is 36.1 Å². The Kier molecular flexibility index (Phi) is 7.52. The van der Waals surface area contributed by atoms with Crippen LogP contribution in [0.3, 0.4) is 0 Å². The zero-order valence-corrected chi connectivity index (χ0v) is 17.8. The van der Waals surface area contributed by atoms with Gasteiger partial charge in [-0.2, -0.15) is 0 Å². The van der Waals surface area contributed by atoms with Gasteiger partial charge in [0.05, 0.1) is 11.3 Å². The first-order valence-corrected chi connectivity index (χ1v) is 10.6. The van der Waals surface area contributed by atoms with Gasteiger partial charge >= 0.3 is 0 Å². The highest BCUT2D eigenvalue weighted by Crippen LogP contribution is 2.19. The van der Waals surface area contributed by atoms with E-state index in [9.17, 15) is 18.4 Å². The van der Waals surface area contributed by atoms with Gasteiger partial charge in [-0.3, -0.25) is 14.2 Å². The van der Waals surface area contributed by atoms with E-state index in [2.05, 4.69) is 24.1 Å². The summed E-state index contributed by atoms with van der Waals surface area (Å²) in [5.41, 5.74) is -0.326. The Bertz CT molecular complexity index is 1130. The third kappa shape index (κ3) is 5.17. The van der Waals surface area contributed by atoms with Gasteiger partial charge in [0.2, 0.25) is 0 Å². The van der Waals surface area contributed by atoms with E-state index < -0.39 is 17.2 Å². The maximum atomic E-state index is 14.4. The third-order valence-electron chi connectivity index (χ3n) is 5.33. The minimum atomic E-state index is -0.877. The van der Waals surface area contributed by atoms with Crippen molar-refractivity contribution in [2.75, 3.05) is 26.2 Å². The van der Waals surface area contributed by atoms with Gasteiger partial charge in [0.15, 0.2) is 0 Å². The van der Waals surface area contributed by atoms with E-state index in [1.54, 1.807) is 24.3 Å². The molecule has 0 aliphatic rings. The van der Waals surface area contributed by atoms with Crippen molar-refractivity contribution in [2.24, 2.45) is 0 Å². The molecular weight excluding hydrogens is 400 g/mol. The monoisotopic (exact) mass is 427 g/mol. The lowest BCUT2D eigenvalue weighted by Crippen LogP contribution is -2.36. The molecule has 0 aliphatic carbocycles. The number of halogens is 2. The summed E-state index contributed by atoms with van der Waals surface area (Å²) >= 11 is 0. The minimum Gasteiger partial charge on any atom is -0.351 e. The Morgan fingerprint density at radius 1 is 1.06 bits per heavy atom. The van der Waals surface area contributed by atoms with Gasteiger partial charge in [-0.15, -0.1) is 0 Å². The van der Waals surface area contributed by atoms with E-state index in [4.69, 9.17) is 0 Å². The smallest absolute Gasteiger partial charge is 0.263 e. The molecule has 31 heavy (non-hydrogen) atoms. The number of unbranched alkanes of at least 4 members (excludes halogenated alkanes) is 1. The summed E-state index contributed by atoms with van der Waals surface area (Å²) in [7, 11) is 0. The zero-order valence-electron chi connectivity index (χ0n) is 17.8. The summed E-state index contributed by atoms with van der Waals surface area (Å²) in [6, 6.07) is 9.69. The first-order chi connectivity index (χ1) is 15.0. The second kappa shape index (κ2) is 10.3. The fraction of sp³-hybridized carbons (Fsp3) is 0.333. The van der Waals surface area contributed by atoms with Crippen LogP contribution in [0.15, 0.2) is 53.5 Å². The van der Waals surface area contributed by atoms with E-state index >= 15 is 0 Å². The molecule has 5 nitrogen and oxygen atoms in total. The maximum absolute atomic E-state index is 14.4. The highest BCUT2D eigenvalue weighted by atomic mass is 19.1. The van der Waals surface area contributed by atoms with E-state index in [0.29, 0.717) is 24.5 Å². The van der Waals surface area contributed by atoms with Crippen LogP contribution >= 0.6 is 0 Å². The quantitative estimate of drug-likeness (QED) is 0.559. The van der Waals surface area contributed by atoms with Crippen LogP contribution in [0.4, 0.5) is 8.78 Å². The van der Waals surface area contributed by atoms with Crippen molar-refractivity contribution in [2.45, 2.75) is 26.7 Å². The molecule has 0 unspecified atom stereocenters. The average molecular weight is 427 g/mol. The van der Waals surface area contributed by atoms with E-state index in [1.165, 1.54) is 12.3 Å². The second-order valence-electron chi connectivity index (χ2n) is 7.40. The molecular formula is C24H27F2N3O2. The number of benzene rings is 2. The van der Waals surface area contributed by atoms with Gasteiger partial charge in [-0.05, 0) is 37.7 Å². The molecule has 1 amide bonds. The lowest BCUT2D eigenvalue weighted by Gasteiger charge is -2.20. The molecule has 0 atom stereocenters. The Morgan fingerprint density at radius 2 is 1.81 bits per heavy atom. The van der Waals surface area contributed by atoms with E-state index in [0.717, 1.165) is 36.6 Å². The van der Waals surface area contributed by atoms with Crippen molar-refractivity contribution in [3.63, 3.8) is 0 Å². The summed E-state index contributed by atoms with van der Waals surface area (Å²) in [5, 5.41) is 3.68. The normalized spacial score (nSPS) is 11.3. The van der Waals surface area contributed by atoms with E-state index in [1.807, 2.05) is 0 Å². The molecule has 0 radical (unpaired) electrons. The van der Waals surface area contributed by atoms with Crippen LogP contribution in [-0.2, 0) is 0 Å². The average Bonchev–Trinajstić information content (AvgIpc) is 2.77. The molecule has 1 aromatic heterocycles. The molecule has 0 aliphatic heterocycles. The largest absolute Gasteiger partial charge is 0.351 e. The molecule has 0 spiro atoms. The Hall–Kier alpha value is -3.06.